The maximum Gasteiger partial charge on any atom is 0.152 e. The van der Waals surface area contributed by atoms with Gasteiger partial charge in [-0.25, -0.2) is 0 Å². The van der Waals surface area contributed by atoms with E-state index >= 15 is 0 Å². The Morgan fingerprint density at radius 2 is 2.00 bits per heavy atom. The Balaban J connectivity index is 2.39. The Bertz CT molecular complexity index is 210. The highest BCUT2D eigenvalue weighted by molar-refractivity contribution is 5.87. The molecule has 2 atom stereocenters. The monoisotopic (exact) mass is 168 g/mol. The molecule has 2 heteroatoms. The van der Waals surface area contributed by atoms with Crippen molar-refractivity contribution in [3.63, 3.8) is 0 Å². The Kier molecular flexibility index (Phi) is 2.38. The zero-order valence-electron chi connectivity index (χ0n) is 8.13. The number of allylic oxidation sites excluding steroid dienone is 1. The largest absolute Gasteiger partial charge is 0.365 e. The van der Waals surface area contributed by atoms with E-state index in [1.54, 1.807) is 13.0 Å². The van der Waals surface area contributed by atoms with Gasteiger partial charge in [0.05, 0.1) is 6.10 Å². The number of carbonyl (C=O) groups is 1. The van der Waals surface area contributed by atoms with Gasteiger partial charge in [0.1, 0.15) is 6.10 Å². The van der Waals surface area contributed by atoms with E-state index in [0.29, 0.717) is 0 Å². The van der Waals surface area contributed by atoms with Gasteiger partial charge in [-0.1, -0.05) is 20.8 Å². The van der Waals surface area contributed by atoms with Gasteiger partial charge in [0.2, 0.25) is 0 Å². The molecular weight excluding hydrogens is 152 g/mol. The number of hydrogen-bond donors (Lipinski definition) is 0. The third kappa shape index (κ3) is 2.45. The second-order valence-corrected chi connectivity index (χ2v) is 4.36. The van der Waals surface area contributed by atoms with Crippen molar-refractivity contribution in [2.24, 2.45) is 5.41 Å². The molecule has 0 aromatic rings. The first-order valence-electron chi connectivity index (χ1n) is 4.25. The lowest BCUT2D eigenvalue weighted by Crippen LogP contribution is -2.15. The molecule has 0 N–H and O–H groups in total. The fourth-order valence-electron chi connectivity index (χ4n) is 1.20. The molecule has 2 nitrogen and oxygen atoms in total. The Labute approximate surface area is 73.6 Å². The number of ether oxygens (including phenoxy) is 1. The normalized spacial score (nSPS) is 29.3. The number of ketones is 1. The second kappa shape index (κ2) is 3.02. The van der Waals surface area contributed by atoms with Crippen molar-refractivity contribution in [2.75, 3.05) is 0 Å². The molecule has 0 bridgehead atoms. The number of epoxide rings is 1. The molecule has 1 fully saturated rings. The highest BCUT2D eigenvalue weighted by Crippen LogP contribution is 2.38. The third-order valence-corrected chi connectivity index (χ3v) is 1.90. The fraction of sp³-hybridized carbons (Fsp3) is 0.700. The van der Waals surface area contributed by atoms with Crippen molar-refractivity contribution in [2.45, 2.75) is 39.9 Å². The van der Waals surface area contributed by atoms with Crippen molar-refractivity contribution in [1.29, 1.82) is 0 Å². The molecule has 68 valence electrons. The predicted octanol–water partition coefficient (Wildman–Crippen LogP) is 1.95. The highest BCUT2D eigenvalue weighted by atomic mass is 16.6. The van der Waals surface area contributed by atoms with Crippen LogP contribution >= 0.6 is 0 Å². The van der Waals surface area contributed by atoms with E-state index < -0.39 is 0 Å². The summed E-state index contributed by atoms with van der Waals surface area (Å²) in [5, 5.41) is 0. The van der Waals surface area contributed by atoms with Crippen LogP contribution < -0.4 is 0 Å². The number of carbonyl (C=O) groups excluding carboxylic acids is 1. The van der Waals surface area contributed by atoms with Crippen LogP contribution in [0.15, 0.2) is 12.2 Å². The van der Waals surface area contributed by atoms with Gasteiger partial charge in [-0.05, 0) is 24.5 Å². The first kappa shape index (κ1) is 9.46. The maximum absolute atomic E-state index is 10.6. The summed E-state index contributed by atoms with van der Waals surface area (Å²) in [7, 11) is 0. The van der Waals surface area contributed by atoms with E-state index in [4.69, 9.17) is 4.74 Å². The predicted molar refractivity (Wildman–Crippen MR) is 47.9 cm³/mol. The van der Waals surface area contributed by atoms with E-state index in [2.05, 4.69) is 20.8 Å². The molecule has 1 aliphatic heterocycles. The van der Waals surface area contributed by atoms with Gasteiger partial charge in [0, 0.05) is 0 Å². The molecule has 0 aromatic heterocycles. The minimum atomic E-state index is 0.0816. The van der Waals surface area contributed by atoms with Crippen LogP contribution in [-0.2, 0) is 9.53 Å². The van der Waals surface area contributed by atoms with Crippen LogP contribution in [0.5, 0.6) is 0 Å². The molecule has 0 aliphatic carbocycles. The van der Waals surface area contributed by atoms with Crippen molar-refractivity contribution in [3.05, 3.63) is 12.2 Å². The van der Waals surface area contributed by atoms with Gasteiger partial charge in [-0.2, -0.15) is 0 Å². The molecule has 1 rings (SSSR count). The summed E-state index contributed by atoms with van der Waals surface area (Å²) in [6.07, 6.45) is 3.87. The summed E-state index contributed by atoms with van der Waals surface area (Å²) in [5.74, 6) is 0.0816. The molecule has 0 radical (unpaired) electrons. The first-order valence-corrected chi connectivity index (χ1v) is 4.25. The minimum Gasteiger partial charge on any atom is -0.365 e. The summed E-state index contributed by atoms with van der Waals surface area (Å²) < 4.78 is 5.39. The molecule has 0 aromatic carbocycles. The van der Waals surface area contributed by atoms with Crippen LogP contribution in [0.1, 0.15) is 27.7 Å². The zero-order chi connectivity index (χ0) is 9.35. The molecule has 1 saturated heterocycles. The molecule has 0 spiro atoms. The first-order chi connectivity index (χ1) is 5.41. The van der Waals surface area contributed by atoms with Crippen molar-refractivity contribution in [3.8, 4) is 0 Å². The molecular formula is C10H16O2. The SMILES string of the molecule is CC(=O)/C=C/[C@@H]1O[C@@H]1C(C)(C)C. The number of rotatable bonds is 2. The van der Waals surface area contributed by atoms with Crippen molar-refractivity contribution in [1.82, 2.24) is 0 Å². The van der Waals surface area contributed by atoms with Gasteiger partial charge in [-0.3, -0.25) is 4.79 Å². The van der Waals surface area contributed by atoms with Gasteiger partial charge in [-0.15, -0.1) is 0 Å². The van der Waals surface area contributed by atoms with E-state index in [1.807, 2.05) is 6.08 Å². The van der Waals surface area contributed by atoms with Gasteiger partial charge < -0.3 is 4.74 Å². The van der Waals surface area contributed by atoms with E-state index in [1.165, 1.54) is 0 Å². The van der Waals surface area contributed by atoms with E-state index in [9.17, 15) is 4.79 Å². The maximum atomic E-state index is 10.6. The molecule has 0 unspecified atom stereocenters. The van der Waals surface area contributed by atoms with Crippen LogP contribution in [0.4, 0.5) is 0 Å². The van der Waals surface area contributed by atoms with E-state index in [-0.39, 0.29) is 23.4 Å². The topological polar surface area (TPSA) is 29.6 Å². The lowest BCUT2D eigenvalue weighted by molar-refractivity contribution is -0.112. The fourth-order valence-corrected chi connectivity index (χ4v) is 1.20. The van der Waals surface area contributed by atoms with Gasteiger partial charge >= 0.3 is 0 Å². The summed E-state index contributed by atoms with van der Waals surface area (Å²) in [6, 6.07) is 0. The lowest BCUT2D eigenvalue weighted by atomic mass is 9.90. The van der Waals surface area contributed by atoms with E-state index in [0.717, 1.165) is 0 Å². The van der Waals surface area contributed by atoms with Crippen LogP contribution in [-0.4, -0.2) is 18.0 Å². The van der Waals surface area contributed by atoms with Crippen LogP contribution in [0, 0.1) is 5.41 Å². The molecule has 0 saturated carbocycles. The zero-order valence-corrected chi connectivity index (χ0v) is 8.13. The van der Waals surface area contributed by atoms with Crippen LogP contribution in [0.2, 0.25) is 0 Å². The van der Waals surface area contributed by atoms with Crippen molar-refractivity contribution < 1.29 is 9.53 Å². The molecule has 0 amide bonds. The smallest absolute Gasteiger partial charge is 0.152 e. The Morgan fingerprint density at radius 3 is 2.33 bits per heavy atom. The average molecular weight is 168 g/mol. The van der Waals surface area contributed by atoms with Crippen molar-refractivity contribution >= 4 is 5.78 Å². The summed E-state index contributed by atoms with van der Waals surface area (Å²) in [4.78, 5) is 10.6. The highest BCUT2D eigenvalue weighted by Gasteiger charge is 2.45. The van der Waals surface area contributed by atoms with Gasteiger partial charge in [0.25, 0.3) is 0 Å². The van der Waals surface area contributed by atoms with Crippen LogP contribution in [0.25, 0.3) is 0 Å². The number of hydrogen-bond acceptors (Lipinski definition) is 2. The molecule has 12 heavy (non-hydrogen) atoms. The van der Waals surface area contributed by atoms with Gasteiger partial charge in [0.15, 0.2) is 5.78 Å². The standard InChI is InChI=1S/C10H16O2/c1-7(11)5-6-8-9(12-8)10(2,3)4/h5-6,8-9H,1-4H3/b6-5+/t8-,9-/m0/s1. The molecule has 1 aliphatic rings. The molecule has 1 heterocycles. The summed E-state index contributed by atoms with van der Waals surface area (Å²) in [5.41, 5.74) is 0.186. The quantitative estimate of drug-likeness (QED) is 0.466. The average Bonchev–Trinajstić information content (AvgIpc) is 2.59. The Hall–Kier alpha value is -0.630. The second-order valence-electron chi connectivity index (χ2n) is 4.36. The third-order valence-electron chi connectivity index (χ3n) is 1.90. The van der Waals surface area contributed by atoms with Crippen LogP contribution in [0.3, 0.4) is 0 Å². The lowest BCUT2D eigenvalue weighted by Gasteiger charge is -2.13. The minimum absolute atomic E-state index is 0.0816. The Morgan fingerprint density at radius 1 is 1.42 bits per heavy atom. The summed E-state index contributed by atoms with van der Waals surface area (Å²) >= 11 is 0. The summed E-state index contributed by atoms with van der Waals surface area (Å²) in [6.45, 7) is 7.96.